The van der Waals surface area contributed by atoms with Crippen LogP contribution in [0.3, 0.4) is 0 Å². The molecule has 0 spiro atoms. The van der Waals surface area contributed by atoms with Crippen LogP contribution in [0.25, 0.3) is 0 Å². The summed E-state index contributed by atoms with van der Waals surface area (Å²) in [6.45, 7) is 3.85. The minimum absolute atomic E-state index is 0.187. The Labute approximate surface area is 103 Å². The van der Waals surface area contributed by atoms with Gasteiger partial charge in [0.05, 0.1) is 18.8 Å². The van der Waals surface area contributed by atoms with Crippen LogP contribution >= 0.6 is 0 Å². The molecule has 0 aliphatic rings. The van der Waals surface area contributed by atoms with Crippen LogP contribution in [0.2, 0.25) is 0 Å². The van der Waals surface area contributed by atoms with Gasteiger partial charge in [-0.05, 0) is 19.9 Å². The number of carbonyl (C=O) groups is 2. The van der Waals surface area contributed by atoms with E-state index < -0.39 is 23.1 Å². The molecule has 0 amide bonds. The number of aliphatic carboxylic acids is 1. The summed E-state index contributed by atoms with van der Waals surface area (Å²) in [5.41, 5.74) is -0.572. The fourth-order valence-corrected chi connectivity index (χ4v) is 1.36. The van der Waals surface area contributed by atoms with Gasteiger partial charge in [-0.25, -0.2) is 9.18 Å². The highest BCUT2D eigenvalue weighted by atomic mass is 19.1. The molecule has 0 saturated heterocycles. The van der Waals surface area contributed by atoms with Crippen molar-refractivity contribution in [3.05, 3.63) is 23.5 Å². The predicted octanol–water partition coefficient (Wildman–Crippen LogP) is 1.89. The van der Waals surface area contributed by atoms with Gasteiger partial charge in [0.2, 0.25) is 0 Å². The summed E-state index contributed by atoms with van der Waals surface area (Å²) >= 11 is 0. The summed E-state index contributed by atoms with van der Waals surface area (Å²) in [5.74, 6) is -4.08. The fourth-order valence-electron chi connectivity index (χ4n) is 1.36. The summed E-state index contributed by atoms with van der Waals surface area (Å²) in [6, 6.07) is 2.33. The lowest BCUT2D eigenvalue weighted by Crippen LogP contribution is -2.15. The summed E-state index contributed by atoms with van der Waals surface area (Å²) in [7, 11) is 0. The van der Waals surface area contributed by atoms with Crippen LogP contribution in [0.1, 0.15) is 24.2 Å². The second-order valence-corrected chi connectivity index (χ2v) is 3.28. The fraction of sp³-hybridized carbons (Fsp3) is 0.333. The van der Waals surface area contributed by atoms with Gasteiger partial charge in [-0.3, -0.25) is 4.79 Å². The highest BCUT2D eigenvalue weighted by Gasteiger charge is 2.23. The van der Waals surface area contributed by atoms with E-state index in [2.05, 4.69) is 0 Å². The second kappa shape index (κ2) is 6.00. The molecule has 1 rings (SSSR count). The predicted molar refractivity (Wildman–Crippen MR) is 60.7 cm³/mol. The third kappa shape index (κ3) is 2.97. The first kappa shape index (κ1) is 14.0. The zero-order valence-electron chi connectivity index (χ0n) is 10.0. The first-order valence-electron chi connectivity index (χ1n) is 5.38. The van der Waals surface area contributed by atoms with Gasteiger partial charge in [-0.15, -0.1) is 0 Å². The molecule has 0 fully saturated rings. The van der Waals surface area contributed by atoms with E-state index in [4.69, 9.17) is 14.6 Å². The number of carboxylic acid groups (broad SMARTS) is 1. The van der Waals surface area contributed by atoms with Gasteiger partial charge >= 0.3 is 5.97 Å². The van der Waals surface area contributed by atoms with Crippen LogP contribution in [-0.4, -0.2) is 30.1 Å². The summed E-state index contributed by atoms with van der Waals surface area (Å²) < 4.78 is 23.9. The third-order valence-electron chi connectivity index (χ3n) is 2.06. The molecule has 6 heteroatoms. The Morgan fingerprint density at radius 3 is 2.33 bits per heavy atom. The number of hydrogen-bond acceptors (Lipinski definition) is 4. The monoisotopic (exact) mass is 256 g/mol. The molecule has 0 aromatic heterocycles. The Balaban J connectivity index is 3.30. The van der Waals surface area contributed by atoms with Gasteiger partial charge in [0, 0.05) is 6.07 Å². The standard InChI is InChI=1S/C12H13FO5/c1-3-17-7-5-8(11(14)12(15)16)10(13)9(6-7)18-4-2/h5-6H,3-4H2,1-2H3,(H,15,16). The number of carboxylic acids is 1. The topological polar surface area (TPSA) is 72.8 Å². The number of ether oxygens (including phenoxy) is 2. The highest BCUT2D eigenvalue weighted by Crippen LogP contribution is 2.28. The maximum atomic E-state index is 13.8. The van der Waals surface area contributed by atoms with Crippen molar-refractivity contribution in [1.29, 1.82) is 0 Å². The van der Waals surface area contributed by atoms with Crippen molar-refractivity contribution in [2.24, 2.45) is 0 Å². The number of Topliss-reactive ketones (excluding diaryl/α,β-unsaturated/α-hetero) is 1. The van der Waals surface area contributed by atoms with E-state index in [0.29, 0.717) is 6.61 Å². The Bertz CT molecular complexity index is 470. The van der Waals surface area contributed by atoms with Crippen molar-refractivity contribution in [2.45, 2.75) is 13.8 Å². The first-order chi connectivity index (χ1) is 8.51. The molecule has 0 saturated carbocycles. The maximum absolute atomic E-state index is 13.8. The largest absolute Gasteiger partial charge is 0.494 e. The molecular weight excluding hydrogens is 243 g/mol. The average Bonchev–Trinajstić information content (AvgIpc) is 2.32. The molecule has 1 aromatic rings. The lowest BCUT2D eigenvalue weighted by atomic mass is 10.1. The summed E-state index contributed by atoms with van der Waals surface area (Å²) in [4.78, 5) is 21.9. The van der Waals surface area contributed by atoms with Crippen LogP contribution in [0.5, 0.6) is 11.5 Å². The van der Waals surface area contributed by atoms with Gasteiger partial charge in [0.1, 0.15) is 5.75 Å². The molecule has 0 unspecified atom stereocenters. The normalized spacial score (nSPS) is 9.94. The molecule has 1 N–H and O–H groups in total. The number of ketones is 1. The van der Waals surface area contributed by atoms with Crippen LogP contribution < -0.4 is 9.47 Å². The van der Waals surface area contributed by atoms with Gasteiger partial charge in [0.15, 0.2) is 11.6 Å². The van der Waals surface area contributed by atoms with Gasteiger partial charge in [-0.1, -0.05) is 0 Å². The van der Waals surface area contributed by atoms with Crippen molar-refractivity contribution in [3.63, 3.8) is 0 Å². The van der Waals surface area contributed by atoms with E-state index in [0.717, 1.165) is 6.07 Å². The van der Waals surface area contributed by atoms with Crippen LogP contribution in [0, 0.1) is 5.82 Å². The second-order valence-electron chi connectivity index (χ2n) is 3.28. The molecule has 18 heavy (non-hydrogen) atoms. The minimum Gasteiger partial charge on any atom is -0.494 e. The maximum Gasteiger partial charge on any atom is 0.377 e. The van der Waals surface area contributed by atoms with E-state index >= 15 is 0 Å². The molecular formula is C12H13FO5. The molecule has 98 valence electrons. The molecule has 0 aliphatic heterocycles. The van der Waals surface area contributed by atoms with Gasteiger partial charge < -0.3 is 14.6 Å². The molecule has 0 radical (unpaired) electrons. The Morgan fingerprint density at radius 2 is 1.83 bits per heavy atom. The first-order valence-corrected chi connectivity index (χ1v) is 5.38. The number of carbonyl (C=O) groups excluding carboxylic acids is 1. The molecule has 5 nitrogen and oxygen atoms in total. The van der Waals surface area contributed by atoms with Crippen LogP contribution in [-0.2, 0) is 4.79 Å². The van der Waals surface area contributed by atoms with E-state index in [9.17, 15) is 14.0 Å². The lowest BCUT2D eigenvalue weighted by molar-refractivity contribution is -0.131. The Kier molecular flexibility index (Phi) is 4.65. The molecule has 0 aliphatic carbocycles. The Morgan fingerprint density at radius 1 is 1.22 bits per heavy atom. The van der Waals surface area contributed by atoms with Gasteiger partial charge in [0.25, 0.3) is 5.78 Å². The van der Waals surface area contributed by atoms with Crippen molar-refractivity contribution < 1.29 is 28.6 Å². The third-order valence-corrected chi connectivity index (χ3v) is 2.06. The SMILES string of the molecule is CCOc1cc(OCC)c(F)c(C(=O)C(=O)O)c1. The van der Waals surface area contributed by atoms with E-state index in [1.807, 2.05) is 0 Å². The number of hydrogen-bond donors (Lipinski definition) is 1. The highest BCUT2D eigenvalue weighted by molar-refractivity contribution is 6.40. The number of rotatable bonds is 6. The zero-order valence-corrected chi connectivity index (χ0v) is 10.0. The summed E-state index contributed by atoms with van der Waals surface area (Å²) in [6.07, 6.45) is 0. The molecule has 0 bridgehead atoms. The molecule has 1 aromatic carbocycles. The zero-order chi connectivity index (χ0) is 13.7. The van der Waals surface area contributed by atoms with Crippen molar-refractivity contribution in [1.82, 2.24) is 0 Å². The van der Waals surface area contributed by atoms with Crippen LogP contribution in [0.4, 0.5) is 4.39 Å². The number of halogens is 1. The lowest BCUT2D eigenvalue weighted by Gasteiger charge is -2.10. The average molecular weight is 256 g/mol. The van der Waals surface area contributed by atoms with Gasteiger partial charge in [-0.2, -0.15) is 0 Å². The molecule has 0 heterocycles. The van der Waals surface area contributed by atoms with E-state index in [1.54, 1.807) is 13.8 Å². The van der Waals surface area contributed by atoms with E-state index in [-0.39, 0.29) is 18.1 Å². The van der Waals surface area contributed by atoms with Crippen molar-refractivity contribution in [3.8, 4) is 11.5 Å². The summed E-state index contributed by atoms with van der Waals surface area (Å²) in [5, 5.41) is 8.60. The van der Waals surface area contributed by atoms with Crippen LogP contribution in [0.15, 0.2) is 12.1 Å². The van der Waals surface area contributed by atoms with Crippen molar-refractivity contribution >= 4 is 11.8 Å². The molecule has 0 atom stereocenters. The Hall–Kier alpha value is -2.11. The minimum atomic E-state index is -1.73. The van der Waals surface area contributed by atoms with Crippen molar-refractivity contribution in [2.75, 3.05) is 13.2 Å². The smallest absolute Gasteiger partial charge is 0.377 e. The van der Waals surface area contributed by atoms with E-state index in [1.165, 1.54) is 6.07 Å². The quantitative estimate of drug-likeness (QED) is 0.621. The number of benzene rings is 1.